The van der Waals surface area contributed by atoms with E-state index in [1.54, 1.807) is 0 Å². The Balaban J connectivity index is 0.00000225. The molecule has 1 aromatic heterocycles. The molecule has 0 radical (unpaired) electrons. The van der Waals surface area contributed by atoms with Gasteiger partial charge in [-0.25, -0.2) is 18.4 Å². The van der Waals surface area contributed by atoms with E-state index in [0.717, 1.165) is 51.9 Å². The van der Waals surface area contributed by atoms with Crippen molar-refractivity contribution in [3.63, 3.8) is 0 Å². The quantitative estimate of drug-likeness (QED) is 0.857. The van der Waals surface area contributed by atoms with Gasteiger partial charge in [0.2, 0.25) is 5.95 Å². The van der Waals surface area contributed by atoms with Crippen LogP contribution in [0, 0.1) is 0 Å². The summed E-state index contributed by atoms with van der Waals surface area (Å²) in [6, 6.07) is 0. The third kappa shape index (κ3) is 5.28. The highest BCUT2D eigenvalue weighted by molar-refractivity contribution is 7.90. The fraction of sp³-hybridized carbons (Fsp3) is 0.765. The highest BCUT2D eigenvalue weighted by Crippen LogP contribution is 2.29. The van der Waals surface area contributed by atoms with Gasteiger partial charge in [-0.2, -0.15) is 0 Å². The van der Waals surface area contributed by atoms with Gasteiger partial charge in [-0.3, -0.25) is 0 Å². The van der Waals surface area contributed by atoms with Crippen LogP contribution in [0.5, 0.6) is 0 Å². The monoisotopic (exact) mass is 388 g/mol. The molecule has 0 aromatic carbocycles. The number of nitrogens with zero attached hydrogens (tertiary/aromatic N) is 3. The van der Waals surface area contributed by atoms with Gasteiger partial charge in [-0.05, 0) is 32.2 Å². The van der Waals surface area contributed by atoms with E-state index in [1.165, 1.54) is 31.7 Å². The predicted molar refractivity (Wildman–Crippen MR) is 103 cm³/mol. The fourth-order valence-electron chi connectivity index (χ4n) is 3.64. The molecule has 1 N–H and O–H groups in total. The van der Waals surface area contributed by atoms with Crippen LogP contribution in [0.15, 0.2) is 11.1 Å². The van der Waals surface area contributed by atoms with Crippen molar-refractivity contribution in [3.05, 3.63) is 11.9 Å². The molecule has 0 amide bonds. The van der Waals surface area contributed by atoms with Crippen molar-refractivity contribution in [1.82, 2.24) is 15.3 Å². The molecule has 6 nitrogen and oxygen atoms in total. The number of hydrogen-bond acceptors (Lipinski definition) is 6. The smallest absolute Gasteiger partial charge is 0.225 e. The van der Waals surface area contributed by atoms with Crippen LogP contribution in [0.3, 0.4) is 0 Å². The van der Waals surface area contributed by atoms with Gasteiger partial charge in [0.25, 0.3) is 0 Å². The Hall–Kier alpha value is -0.920. The number of hydrogen-bond donors (Lipinski definition) is 1. The number of aromatic nitrogens is 2. The molecule has 8 heteroatoms. The number of halogens is 1. The van der Waals surface area contributed by atoms with Gasteiger partial charge in [0.15, 0.2) is 9.84 Å². The maximum absolute atomic E-state index is 12.2. The third-order valence-electron chi connectivity index (χ3n) is 4.99. The topological polar surface area (TPSA) is 75.2 Å². The van der Waals surface area contributed by atoms with Crippen molar-refractivity contribution in [1.29, 1.82) is 0 Å². The van der Waals surface area contributed by atoms with Gasteiger partial charge in [-0.1, -0.05) is 19.3 Å². The fourth-order valence-corrected chi connectivity index (χ4v) is 4.47. The molecule has 2 fully saturated rings. The summed E-state index contributed by atoms with van der Waals surface area (Å²) in [4.78, 5) is 11.7. The maximum Gasteiger partial charge on any atom is 0.225 e. The van der Waals surface area contributed by atoms with E-state index in [9.17, 15) is 8.42 Å². The number of anilines is 1. The molecule has 1 aromatic rings. The lowest BCUT2D eigenvalue weighted by Gasteiger charge is -2.28. The second-order valence-corrected chi connectivity index (χ2v) is 8.97. The number of sulfone groups is 1. The number of piperidine rings is 1. The SMILES string of the molecule is CS(=O)(=O)c1cnc(N2CCCCCCC2)nc1C1CCCNC1.Cl. The zero-order chi connectivity index (χ0) is 17.0. The Bertz CT molecular complexity index is 655. The second kappa shape index (κ2) is 9.14. The summed E-state index contributed by atoms with van der Waals surface area (Å²) in [5.41, 5.74) is 0.705. The average Bonchev–Trinajstić information content (AvgIpc) is 2.54. The first kappa shape index (κ1) is 20.4. The Morgan fingerprint density at radius 1 is 1.12 bits per heavy atom. The van der Waals surface area contributed by atoms with Gasteiger partial charge < -0.3 is 10.2 Å². The molecule has 0 saturated carbocycles. The van der Waals surface area contributed by atoms with Crippen LogP contribution >= 0.6 is 12.4 Å². The van der Waals surface area contributed by atoms with Gasteiger partial charge in [0, 0.05) is 31.8 Å². The van der Waals surface area contributed by atoms with Gasteiger partial charge >= 0.3 is 0 Å². The lowest BCUT2D eigenvalue weighted by atomic mass is 9.96. The summed E-state index contributed by atoms with van der Waals surface area (Å²) in [5.74, 6) is 0.852. The lowest BCUT2D eigenvalue weighted by Crippen LogP contribution is -2.32. The van der Waals surface area contributed by atoms with Crippen molar-refractivity contribution in [2.24, 2.45) is 0 Å². The summed E-state index contributed by atoms with van der Waals surface area (Å²) in [7, 11) is -3.31. The molecule has 3 rings (SSSR count). The van der Waals surface area contributed by atoms with Crippen LogP contribution in [0.4, 0.5) is 5.95 Å². The Morgan fingerprint density at radius 2 is 1.80 bits per heavy atom. The Kier molecular flexibility index (Phi) is 7.46. The lowest BCUT2D eigenvalue weighted by molar-refractivity contribution is 0.447. The van der Waals surface area contributed by atoms with Gasteiger partial charge in [0.05, 0.1) is 11.9 Å². The number of rotatable bonds is 3. The van der Waals surface area contributed by atoms with Crippen LogP contribution in [0.2, 0.25) is 0 Å². The molecule has 3 heterocycles. The minimum atomic E-state index is -3.31. The van der Waals surface area contributed by atoms with Crippen LogP contribution in [-0.4, -0.2) is 50.8 Å². The molecule has 2 saturated heterocycles. The maximum atomic E-state index is 12.2. The van der Waals surface area contributed by atoms with E-state index >= 15 is 0 Å². The first-order valence-electron chi connectivity index (χ1n) is 9.08. The number of nitrogens with one attached hydrogen (secondary N) is 1. The van der Waals surface area contributed by atoms with Crippen LogP contribution in [0.25, 0.3) is 0 Å². The Labute approximate surface area is 157 Å². The first-order valence-corrected chi connectivity index (χ1v) is 11.0. The molecule has 0 aliphatic carbocycles. The zero-order valence-corrected chi connectivity index (χ0v) is 16.5. The molecule has 142 valence electrons. The average molecular weight is 389 g/mol. The van der Waals surface area contributed by atoms with Crippen molar-refractivity contribution < 1.29 is 8.42 Å². The second-order valence-electron chi connectivity index (χ2n) is 6.99. The van der Waals surface area contributed by atoms with Crippen molar-refractivity contribution >= 4 is 28.2 Å². The summed E-state index contributed by atoms with van der Waals surface area (Å²) < 4.78 is 24.3. The van der Waals surface area contributed by atoms with Crippen LogP contribution in [0.1, 0.15) is 56.6 Å². The molecule has 1 atom stereocenters. The predicted octanol–water partition coefficient (Wildman–Crippen LogP) is 2.54. The summed E-state index contributed by atoms with van der Waals surface area (Å²) in [6.45, 7) is 3.70. The molecule has 25 heavy (non-hydrogen) atoms. The molecule has 1 unspecified atom stereocenters. The molecular weight excluding hydrogens is 360 g/mol. The largest absolute Gasteiger partial charge is 0.341 e. The highest BCUT2D eigenvalue weighted by atomic mass is 35.5. The normalized spacial score (nSPS) is 22.6. The molecular formula is C17H29ClN4O2S. The van der Waals surface area contributed by atoms with Gasteiger partial charge in [-0.15, -0.1) is 12.4 Å². The zero-order valence-electron chi connectivity index (χ0n) is 14.9. The Morgan fingerprint density at radius 3 is 2.40 bits per heavy atom. The minimum Gasteiger partial charge on any atom is -0.341 e. The minimum absolute atomic E-state index is 0. The van der Waals surface area contributed by atoms with Crippen molar-refractivity contribution in [2.45, 2.75) is 55.8 Å². The summed E-state index contributed by atoms with van der Waals surface area (Å²) in [5, 5.41) is 3.36. The van der Waals surface area contributed by atoms with E-state index in [2.05, 4.69) is 15.2 Å². The van der Waals surface area contributed by atoms with Gasteiger partial charge in [0.1, 0.15) is 4.90 Å². The molecule has 0 spiro atoms. The molecule has 2 aliphatic rings. The van der Waals surface area contributed by atoms with E-state index in [4.69, 9.17) is 4.98 Å². The highest BCUT2D eigenvalue weighted by Gasteiger charge is 2.26. The summed E-state index contributed by atoms with van der Waals surface area (Å²) >= 11 is 0. The van der Waals surface area contributed by atoms with Crippen molar-refractivity contribution in [3.8, 4) is 0 Å². The van der Waals surface area contributed by atoms with Crippen LogP contribution < -0.4 is 10.2 Å². The van der Waals surface area contributed by atoms with E-state index < -0.39 is 9.84 Å². The molecule has 0 bridgehead atoms. The van der Waals surface area contributed by atoms with E-state index in [0.29, 0.717) is 16.5 Å². The van der Waals surface area contributed by atoms with Crippen LogP contribution in [-0.2, 0) is 9.84 Å². The van der Waals surface area contributed by atoms with Crippen molar-refractivity contribution in [2.75, 3.05) is 37.3 Å². The van der Waals surface area contributed by atoms with E-state index in [1.807, 2.05) is 0 Å². The molecule has 2 aliphatic heterocycles. The summed E-state index contributed by atoms with van der Waals surface area (Å²) in [6.07, 6.45) is 10.9. The van der Waals surface area contributed by atoms with E-state index in [-0.39, 0.29) is 18.3 Å². The third-order valence-corrected chi connectivity index (χ3v) is 6.11. The standard InChI is InChI=1S/C17H28N4O2S.ClH/c1-24(22,23)15-13-19-17(21-10-5-3-2-4-6-11-21)20-16(15)14-8-7-9-18-12-14;/h13-14,18H,2-12H2,1H3;1H. The first-order chi connectivity index (χ1) is 11.6.